The number of carbonyl (C=O) groups excluding carboxylic acids is 2. The van der Waals surface area contributed by atoms with Crippen LogP contribution in [0.4, 0.5) is 0 Å². The molecule has 0 aromatic heterocycles. The van der Waals surface area contributed by atoms with E-state index in [4.69, 9.17) is 18.5 Å². The highest BCUT2D eigenvalue weighted by atomic mass is 31.2. The molecule has 0 bridgehead atoms. The van der Waals surface area contributed by atoms with Crippen LogP contribution in [0.3, 0.4) is 0 Å². The molecule has 0 aromatic carbocycles. The summed E-state index contributed by atoms with van der Waals surface area (Å²) in [7, 11) is 1.47. The first kappa shape index (κ1) is 52.2. The molecule has 0 aliphatic carbocycles. The van der Waals surface area contributed by atoms with Crippen LogP contribution in [-0.2, 0) is 32.7 Å². The van der Waals surface area contributed by atoms with Crippen molar-refractivity contribution in [1.82, 2.24) is 0 Å². The molecular formula is C44H83NO8P+. The summed E-state index contributed by atoms with van der Waals surface area (Å²) in [6.45, 7) is 4.34. The maximum atomic E-state index is 12.7. The monoisotopic (exact) mass is 785 g/mol. The molecule has 0 fully saturated rings. The van der Waals surface area contributed by atoms with E-state index in [2.05, 4.69) is 50.3 Å². The van der Waals surface area contributed by atoms with Crippen LogP contribution in [0.5, 0.6) is 0 Å². The molecule has 0 spiro atoms. The van der Waals surface area contributed by atoms with Gasteiger partial charge in [-0.1, -0.05) is 140 Å². The van der Waals surface area contributed by atoms with E-state index in [1.807, 2.05) is 21.1 Å². The summed E-state index contributed by atoms with van der Waals surface area (Å²) in [5.74, 6) is -0.815. The maximum Gasteiger partial charge on any atom is 0.472 e. The van der Waals surface area contributed by atoms with Gasteiger partial charge in [0.15, 0.2) is 6.10 Å². The quantitative estimate of drug-likeness (QED) is 0.0216. The van der Waals surface area contributed by atoms with Crippen molar-refractivity contribution in [3.05, 3.63) is 36.5 Å². The van der Waals surface area contributed by atoms with Crippen LogP contribution in [0.25, 0.3) is 0 Å². The molecule has 0 heterocycles. The highest BCUT2D eigenvalue weighted by molar-refractivity contribution is 7.47. The molecule has 0 amide bonds. The van der Waals surface area contributed by atoms with E-state index in [9.17, 15) is 19.0 Å². The number of phosphoric ester groups is 1. The van der Waals surface area contributed by atoms with Gasteiger partial charge < -0.3 is 18.9 Å². The highest BCUT2D eigenvalue weighted by Crippen LogP contribution is 2.43. The van der Waals surface area contributed by atoms with E-state index >= 15 is 0 Å². The lowest BCUT2D eigenvalue weighted by Crippen LogP contribution is -2.37. The Hall–Kier alpha value is -1.77. The number of nitrogens with zero attached hydrogens (tertiary/aromatic N) is 1. The maximum absolute atomic E-state index is 12.7. The van der Waals surface area contributed by atoms with Gasteiger partial charge in [0.25, 0.3) is 0 Å². The third-order valence-corrected chi connectivity index (χ3v) is 10.1. The molecule has 0 aliphatic rings. The van der Waals surface area contributed by atoms with Crippen molar-refractivity contribution >= 4 is 19.8 Å². The number of ether oxygens (including phenoxy) is 2. The number of phosphoric acid groups is 1. The predicted octanol–water partition coefficient (Wildman–Crippen LogP) is 12.1. The number of hydrogen-bond donors (Lipinski definition) is 1. The molecule has 316 valence electrons. The van der Waals surface area contributed by atoms with Crippen LogP contribution >= 0.6 is 7.82 Å². The van der Waals surface area contributed by atoms with E-state index in [-0.39, 0.29) is 32.0 Å². The summed E-state index contributed by atoms with van der Waals surface area (Å²) >= 11 is 0. The van der Waals surface area contributed by atoms with Gasteiger partial charge in [-0.3, -0.25) is 18.6 Å². The summed E-state index contributed by atoms with van der Waals surface area (Å²) in [4.78, 5) is 35.3. The van der Waals surface area contributed by atoms with E-state index in [0.29, 0.717) is 17.4 Å². The van der Waals surface area contributed by atoms with Crippen molar-refractivity contribution in [1.29, 1.82) is 0 Å². The fourth-order valence-electron chi connectivity index (χ4n) is 5.67. The summed E-state index contributed by atoms with van der Waals surface area (Å²) in [6.07, 6.45) is 40.4. The first-order valence-corrected chi connectivity index (χ1v) is 23.2. The largest absolute Gasteiger partial charge is 0.472 e. The van der Waals surface area contributed by atoms with Crippen LogP contribution in [0, 0.1) is 0 Å². The normalized spacial score (nSPS) is 14.0. The fourth-order valence-corrected chi connectivity index (χ4v) is 6.41. The molecule has 2 atom stereocenters. The summed E-state index contributed by atoms with van der Waals surface area (Å²) in [5.41, 5.74) is 0. The minimum absolute atomic E-state index is 0.0293. The van der Waals surface area contributed by atoms with Gasteiger partial charge in [0.2, 0.25) is 0 Å². The van der Waals surface area contributed by atoms with Crippen molar-refractivity contribution in [3.8, 4) is 0 Å². The lowest BCUT2D eigenvalue weighted by Gasteiger charge is -2.24. The van der Waals surface area contributed by atoms with Gasteiger partial charge in [-0.05, 0) is 64.2 Å². The van der Waals surface area contributed by atoms with E-state index in [1.54, 1.807) is 0 Å². The van der Waals surface area contributed by atoms with Crippen LogP contribution in [-0.4, -0.2) is 74.9 Å². The topological polar surface area (TPSA) is 108 Å². The summed E-state index contributed by atoms with van der Waals surface area (Å²) < 4.78 is 34.2. The van der Waals surface area contributed by atoms with Crippen molar-refractivity contribution < 1.29 is 42.1 Å². The Morgan fingerprint density at radius 2 is 1.02 bits per heavy atom. The molecule has 1 N–H and O–H groups in total. The van der Waals surface area contributed by atoms with Gasteiger partial charge in [0.05, 0.1) is 27.7 Å². The lowest BCUT2D eigenvalue weighted by molar-refractivity contribution is -0.870. The molecule has 0 aromatic rings. The number of quaternary nitrogens is 1. The average molecular weight is 785 g/mol. The molecule has 0 radical (unpaired) electrons. The number of carbonyl (C=O) groups is 2. The zero-order chi connectivity index (χ0) is 40.0. The van der Waals surface area contributed by atoms with Gasteiger partial charge in [-0.2, -0.15) is 0 Å². The summed E-state index contributed by atoms with van der Waals surface area (Å²) in [5, 5.41) is 0. The second kappa shape index (κ2) is 36.8. The van der Waals surface area contributed by atoms with Gasteiger partial charge in [-0.15, -0.1) is 0 Å². The second-order valence-electron chi connectivity index (χ2n) is 15.7. The van der Waals surface area contributed by atoms with Crippen molar-refractivity contribution in [2.45, 2.75) is 187 Å². The SMILES string of the molecule is CCCC/C=C\CCCCCCCC(=O)OC[C@H](COP(=O)(O)OCC[N+](C)(C)C)OC(=O)CCCCCCCCCCC/C=C\C/C=C\CCCCC. The number of esters is 2. The lowest BCUT2D eigenvalue weighted by atomic mass is 10.1. The van der Waals surface area contributed by atoms with Gasteiger partial charge in [-0.25, -0.2) is 4.57 Å². The Labute approximate surface area is 331 Å². The van der Waals surface area contributed by atoms with Gasteiger partial charge in [0.1, 0.15) is 19.8 Å². The molecule has 0 saturated heterocycles. The van der Waals surface area contributed by atoms with E-state index in [0.717, 1.165) is 77.0 Å². The van der Waals surface area contributed by atoms with Crippen LogP contribution < -0.4 is 0 Å². The highest BCUT2D eigenvalue weighted by Gasteiger charge is 2.27. The number of allylic oxidation sites excluding steroid dienone is 6. The zero-order valence-electron chi connectivity index (χ0n) is 35.5. The molecule has 0 aliphatic heterocycles. The Balaban J connectivity index is 4.34. The van der Waals surface area contributed by atoms with Crippen LogP contribution in [0.15, 0.2) is 36.5 Å². The fraction of sp³-hybridized carbons (Fsp3) is 0.818. The molecule has 1 unspecified atom stereocenters. The first-order chi connectivity index (χ1) is 26.0. The molecule has 10 heteroatoms. The second-order valence-corrected chi connectivity index (χ2v) is 17.2. The standard InChI is InChI=1S/C44H82NO8P/c1-6-8-10-12-14-16-18-19-20-21-22-23-24-25-27-29-31-33-35-37-44(47)53-42(41-52-54(48,49)51-39-38-45(3,4)5)40-50-43(46)36-34-32-30-28-26-17-15-13-11-9-7-2/h13-16,19-20,42H,6-12,17-18,21-41H2,1-5H3/p+1/b15-13-,16-14-,20-19-/t42-/m1/s1. The Morgan fingerprint density at radius 1 is 0.574 bits per heavy atom. The molecule has 0 rings (SSSR count). The van der Waals surface area contributed by atoms with Crippen LogP contribution in [0.1, 0.15) is 181 Å². The minimum Gasteiger partial charge on any atom is -0.462 e. The third-order valence-electron chi connectivity index (χ3n) is 9.14. The predicted molar refractivity (Wildman–Crippen MR) is 224 cm³/mol. The Bertz CT molecular complexity index is 1020. The van der Waals surface area contributed by atoms with Crippen molar-refractivity contribution in [2.24, 2.45) is 0 Å². The van der Waals surface area contributed by atoms with E-state index < -0.39 is 26.5 Å². The van der Waals surface area contributed by atoms with E-state index in [1.165, 1.54) is 70.6 Å². The number of unbranched alkanes of at least 4 members (excludes halogenated alkanes) is 19. The van der Waals surface area contributed by atoms with Crippen LogP contribution in [0.2, 0.25) is 0 Å². The van der Waals surface area contributed by atoms with Crippen molar-refractivity contribution in [3.63, 3.8) is 0 Å². The molecule has 0 saturated carbocycles. The molecule has 54 heavy (non-hydrogen) atoms. The minimum atomic E-state index is -4.37. The summed E-state index contributed by atoms with van der Waals surface area (Å²) in [6, 6.07) is 0. The number of hydrogen-bond acceptors (Lipinski definition) is 7. The third kappa shape index (κ3) is 39.9. The average Bonchev–Trinajstić information content (AvgIpc) is 3.12. The zero-order valence-corrected chi connectivity index (χ0v) is 36.3. The first-order valence-electron chi connectivity index (χ1n) is 21.7. The van der Waals surface area contributed by atoms with Gasteiger partial charge in [0, 0.05) is 12.8 Å². The number of rotatable bonds is 39. The van der Waals surface area contributed by atoms with Crippen molar-refractivity contribution in [2.75, 3.05) is 47.5 Å². The Kier molecular flexibility index (Phi) is 35.6. The van der Waals surface area contributed by atoms with Gasteiger partial charge >= 0.3 is 19.8 Å². The number of likely N-dealkylation sites (N-methyl/N-ethyl adjacent to an activating group) is 1. The molecule has 9 nitrogen and oxygen atoms in total. The Morgan fingerprint density at radius 3 is 1.54 bits per heavy atom. The smallest absolute Gasteiger partial charge is 0.462 e. The molecular weight excluding hydrogens is 701 g/mol.